The summed E-state index contributed by atoms with van der Waals surface area (Å²) in [6.45, 7) is 5.43. The van der Waals surface area contributed by atoms with Crippen LogP contribution in [0.3, 0.4) is 0 Å². The lowest BCUT2D eigenvalue weighted by Gasteiger charge is -2.28. The van der Waals surface area contributed by atoms with Crippen LogP contribution in [0.5, 0.6) is 0 Å². The first kappa shape index (κ1) is 16.2. The molecule has 0 aliphatic carbocycles. The molecule has 126 valence electrons. The number of hydrogen-bond donors (Lipinski definition) is 1. The van der Waals surface area contributed by atoms with Crippen LogP contribution in [0, 0.1) is 6.92 Å². The van der Waals surface area contributed by atoms with E-state index >= 15 is 0 Å². The van der Waals surface area contributed by atoms with E-state index in [1.54, 1.807) is 19.2 Å². The van der Waals surface area contributed by atoms with Gasteiger partial charge in [0.15, 0.2) is 0 Å². The average molecular weight is 319 g/mol. The SMILES string of the molecule is CO[C@H]1C[C@@H](CN2CCCC2)N(C(=O)c2ccc(C)[nH]c2=O)C1. The number of nitrogens with zero attached hydrogens (tertiary/aromatic N) is 2. The first-order valence-electron chi connectivity index (χ1n) is 8.34. The second-order valence-electron chi connectivity index (χ2n) is 6.60. The van der Waals surface area contributed by atoms with Crippen molar-refractivity contribution in [2.24, 2.45) is 0 Å². The average Bonchev–Trinajstić information content (AvgIpc) is 3.16. The second-order valence-corrected chi connectivity index (χ2v) is 6.60. The van der Waals surface area contributed by atoms with E-state index in [1.807, 2.05) is 11.8 Å². The summed E-state index contributed by atoms with van der Waals surface area (Å²) in [6.07, 6.45) is 3.34. The van der Waals surface area contributed by atoms with Crippen LogP contribution in [0.1, 0.15) is 35.3 Å². The molecule has 3 heterocycles. The number of carbonyl (C=O) groups is 1. The maximum atomic E-state index is 12.9. The highest BCUT2D eigenvalue weighted by atomic mass is 16.5. The lowest BCUT2D eigenvalue weighted by molar-refractivity contribution is 0.0668. The zero-order valence-corrected chi connectivity index (χ0v) is 13.9. The third kappa shape index (κ3) is 3.48. The Balaban J connectivity index is 1.79. The summed E-state index contributed by atoms with van der Waals surface area (Å²) >= 11 is 0. The molecule has 0 bridgehead atoms. The summed E-state index contributed by atoms with van der Waals surface area (Å²) in [6, 6.07) is 3.52. The number of aromatic nitrogens is 1. The number of H-pyrrole nitrogens is 1. The maximum absolute atomic E-state index is 12.9. The van der Waals surface area contributed by atoms with Gasteiger partial charge in [-0.15, -0.1) is 0 Å². The Morgan fingerprint density at radius 3 is 2.74 bits per heavy atom. The monoisotopic (exact) mass is 319 g/mol. The molecule has 2 fully saturated rings. The number of likely N-dealkylation sites (tertiary alicyclic amines) is 2. The van der Waals surface area contributed by atoms with Gasteiger partial charge in [0, 0.05) is 31.9 Å². The van der Waals surface area contributed by atoms with Crippen LogP contribution < -0.4 is 5.56 Å². The molecular weight excluding hydrogens is 294 g/mol. The summed E-state index contributed by atoms with van der Waals surface area (Å²) in [7, 11) is 1.68. The molecule has 1 aromatic heterocycles. The number of nitrogens with one attached hydrogen (secondary N) is 1. The zero-order valence-electron chi connectivity index (χ0n) is 13.9. The Kier molecular flexibility index (Phi) is 4.82. The van der Waals surface area contributed by atoms with Crippen LogP contribution in [0.25, 0.3) is 0 Å². The van der Waals surface area contributed by atoms with Crippen LogP contribution in [0.15, 0.2) is 16.9 Å². The van der Waals surface area contributed by atoms with Gasteiger partial charge in [-0.25, -0.2) is 0 Å². The second kappa shape index (κ2) is 6.84. The van der Waals surface area contributed by atoms with E-state index in [1.165, 1.54) is 12.8 Å². The quantitative estimate of drug-likeness (QED) is 0.899. The minimum Gasteiger partial charge on any atom is -0.380 e. The largest absolute Gasteiger partial charge is 0.380 e. The van der Waals surface area contributed by atoms with Crippen molar-refractivity contribution in [2.75, 3.05) is 33.3 Å². The van der Waals surface area contributed by atoms with E-state index < -0.39 is 0 Å². The molecule has 1 N–H and O–H groups in total. The lowest BCUT2D eigenvalue weighted by atomic mass is 10.1. The van der Waals surface area contributed by atoms with Crippen molar-refractivity contribution in [3.63, 3.8) is 0 Å². The number of rotatable bonds is 4. The van der Waals surface area contributed by atoms with Gasteiger partial charge in [0.2, 0.25) is 0 Å². The summed E-state index contributed by atoms with van der Waals surface area (Å²) in [5.74, 6) is -0.185. The highest BCUT2D eigenvalue weighted by Gasteiger charge is 2.37. The molecule has 1 aromatic rings. The van der Waals surface area contributed by atoms with Crippen LogP contribution >= 0.6 is 0 Å². The van der Waals surface area contributed by atoms with E-state index in [2.05, 4.69) is 9.88 Å². The van der Waals surface area contributed by atoms with E-state index in [4.69, 9.17) is 4.74 Å². The molecule has 0 spiro atoms. The van der Waals surface area contributed by atoms with E-state index in [0.717, 1.165) is 31.7 Å². The predicted octanol–water partition coefficient (Wildman–Crippen LogP) is 1.01. The maximum Gasteiger partial charge on any atom is 0.260 e. The number of aryl methyl sites for hydroxylation is 1. The summed E-state index contributed by atoms with van der Waals surface area (Å²) in [4.78, 5) is 31.9. The van der Waals surface area contributed by atoms with E-state index in [9.17, 15) is 9.59 Å². The fraction of sp³-hybridized carbons (Fsp3) is 0.647. The van der Waals surface area contributed by atoms with Crippen molar-refractivity contribution in [1.82, 2.24) is 14.8 Å². The molecule has 0 saturated carbocycles. The molecule has 2 atom stereocenters. The third-order valence-corrected chi connectivity index (χ3v) is 4.92. The van der Waals surface area contributed by atoms with Crippen molar-refractivity contribution >= 4 is 5.91 Å². The minimum atomic E-state index is -0.309. The zero-order chi connectivity index (χ0) is 16.4. The molecule has 2 aliphatic heterocycles. The van der Waals surface area contributed by atoms with Crippen molar-refractivity contribution in [3.05, 3.63) is 33.7 Å². The predicted molar refractivity (Wildman–Crippen MR) is 87.7 cm³/mol. The molecule has 0 radical (unpaired) electrons. The van der Waals surface area contributed by atoms with Gasteiger partial charge in [-0.1, -0.05) is 0 Å². The van der Waals surface area contributed by atoms with Gasteiger partial charge in [-0.05, 0) is 51.4 Å². The molecule has 2 saturated heterocycles. The number of ether oxygens (including phenoxy) is 1. The van der Waals surface area contributed by atoms with Crippen LogP contribution in [0.2, 0.25) is 0 Å². The first-order chi connectivity index (χ1) is 11.1. The number of methoxy groups -OCH3 is 1. The van der Waals surface area contributed by atoms with Crippen LogP contribution in [-0.4, -0.2) is 66.1 Å². The van der Waals surface area contributed by atoms with E-state index in [-0.39, 0.29) is 29.2 Å². The van der Waals surface area contributed by atoms with Crippen LogP contribution in [-0.2, 0) is 4.74 Å². The molecule has 6 heteroatoms. The Bertz CT molecular complexity index is 622. The minimum absolute atomic E-state index is 0.0519. The number of hydrogen-bond acceptors (Lipinski definition) is 4. The number of amides is 1. The Labute approximate surface area is 136 Å². The molecular formula is C17H25N3O3. The smallest absolute Gasteiger partial charge is 0.260 e. The van der Waals surface area contributed by atoms with Crippen molar-refractivity contribution in [2.45, 2.75) is 38.3 Å². The van der Waals surface area contributed by atoms with Gasteiger partial charge < -0.3 is 19.5 Å². The van der Waals surface area contributed by atoms with Crippen molar-refractivity contribution < 1.29 is 9.53 Å². The van der Waals surface area contributed by atoms with E-state index in [0.29, 0.717) is 6.54 Å². The van der Waals surface area contributed by atoms with Crippen molar-refractivity contribution in [3.8, 4) is 0 Å². The van der Waals surface area contributed by atoms with Crippen LogP contribution in [0.4, 0.5) is 0 Å². The number of pyridine rings is 1. The van der Waals surface area contributed by atoms with Crippen molar-refractivity contribution in [1.29, 1.82) is 0 Å². The topological polar surface area (TPSA) is 65.6 Å². The number of carbonyl (C=O) groups excluding carboxylic acids is 1. The highest BCUT2D eigenvalue weighted by molar-refractivity contribution is 5.94. The molecule has 6 nitrogen and oxygen atoms in total. The molecule has 23 heavy (non-hydrogen) atoms. The standard InChI is InChI=1S/C17H25N3O3/c1-12-5-6-15(16(21)18-12)17(22)20-11-14(23-2)9-13(20)10-19-7-3-4-8-19/h5-6,13-14H,3-4,7-11H2,1-2H3,(H,18,21)/t13-,14-/m0/s1. The summed E-state index contributed by atoms with van der Waals surface area (Å²) in [5, 5.41) is 0. The Hall–Kier alpha value is -1.66. The third-order valence-electron chi connectivity index (χ3n) is 4.92. The summed E-state index contributed by atoms with van der Waals surface area (Å²) in [5.41, 5.74) is 0.672. The van der Waals surface area contributed by atoms with Gasteiger partial charge in [0.1, 0.15) is 5.56 Å². The Morgan fingerprint density at radius 1 is 1.35 bits per heavy atom. The molecule has 0 aromatic carbocycles. The first-order valence-corrected chi connectivity index (χ1v) is 8.34. The molecule has 0 unspecified atom stereocenters. The lowest BCUT2D eigenvalue weighted by Crippen LogP contribution is -2.44. The molecule has 2 aliphatic rings. The van der Waals surface area contributed by atoms with Gasteiger partial charge in [-0.2, -0.15) is 0 Å². The van der Waals surface area contributed by atoms with Gasteiger partial charge in [0.25, 0.3) is 11.5 Å². The summed E-state index contributed by atoms with van der Waals surface area (Å²) < 4.78 is 5.47. The van der Waals surface area contributed by atoms with Gasteiger partial charge in [-0.3, -0.25) is 9.59 Å². The fourth-order valence-corrected chi connectivity index (χ4v) is 3.62. The fourth-order valence-electron chi connectivity index (χ4n) is 3.62. The number of aromatic amines is 1. The van der Waals surface area contributed by atoms with Gasteiger partial charge >= 0.3 is 0 Å². The Morgan fingerprint density at radius 2 is 2.09 bits per heavy atom. The normalized spacial score (nSPS) is 25.2. The highest BCUT2D eigenvalue weighted by Crippen LogP contribution is 2.24. The van der Waals surface area contributed by atoms with Gasteiger partial charge in [0.05, 0.1) is 6.10 Å². The molecule has 1 amide bonds. The molecule has 3 rings (SSSR count).